The zero-order valence-electron chi connectivity index (χ0n) is 13.5. The van der Waals surface area contributed by atoms with E-state index in [0.717, 1.165) is 11.0 Å². The van der Waals surface area contributed by atoms with Gasteiger partial charge >= 0.3 is 6.18 Å². The van der Waals surface area contributed by atoms with E-state index < -0.39 is 29.4 Å². The Morgan fingerprint density at radius 1 is 1.22 bits per heavy atom. The molecular formula is C17H12F4N2O4. The lowest BCUT2D eigenvalue weighted by atomic mass is 10.1. The van der Waals surface area contributed by atoms with E-state index in [-0.39, 0.29) is 35.7 Å². The topological polar surface area (TPSA) is 78.9 Å². The van der Waals surface area contributed by atoms with Gasteiger partial charge in [-0.3, -0.25) is 14.8 Å². The summed E-state index contributed by atoms with van der Waals surface area (Å²) in [5, 5.41) is 8.72. The first-order valence-electron chi connectivity index (χ1n) is 7.58. The molecule has 0 aliphatic carbocycles. The molecule has 3 rings (SSSR count). The Morgan fingerprint density at radius 2 is 1.96 bits per heavy atom. The number of amides is 2. The van der Waals surface area contributed by atoms with Crippen molar-refractivity contribution in [1.82, 2.24) is 5.48 Å². The maximum atomic E-state index is 13.8. The molecule has 0 unspecified atom stereocenters. The highest BCUT2D eigenvalue weighted by molar-refractivity contribution is 6.01. The molecule has 1 aliphatic heterocycles. The third-order valence-electron chi connectivity index (χ3n) is 3.95. The fraction of sp³-hybridized carbons (Fsp3) is 0.176. The first-order valence-corrected chi connectivity index (χ1v) is 7.58. The van der Waals surface area contributed by atoms with Crippen molar-refractivity contribution in [2.75, 3.05) is 11.5 Å². The highest BCUT2D eigenvalue weighted by atomic mass is 19.4. The molecule has 1 heterocycles. The molecule has 0 radical (unpaired) electrons. The second kappa shape index (κ2) is 6.88. The molecule has 6 nitrogen and oxygen atoms in total. The summed E-state index contributed by atoms with van der Waals surface area (Å²) in [4.78, 5) is 24.9. The fourth-order valence-electron chi connectivity index (χ4n) is 2.65. The number of anilines is 1. The highest BCUT2D eigenvalue weighted by Crippen LogP contribution is 2.35. The summed E-state index contributed by atoms with van der Waals surface area (Å²) < 4.78 is 57.0. The SMILES string of the molecule is O=C(NO)c1ccc2c(c1)N(Cc1ccc(C(F)(F)F)c(F)c1)C(=O)CO2. The van der Waals surface area contributed by atoms with Gasteiger partial charge in [0, 0.05) is 5.56 Å². The van der Waals surface area contributed by atoms with Gasteiger partial charge < -0.3 is 9.64 Å². The van der Waals surface area contributed by atoms with Crippen LogP contribution in [0, 0.1) is 5.82 Å². The number of hydrogen-bond acceptors (Lipinski definition) is 4. The molecular weight excluding hydrogens is 372 g/mol. The molecule has 2 N–H and O–H groups in total. The summed E-state index contributed by atoms with van der Waals surface area (Å²) in [7, 11) is 0. The third-order valence-corrected chi connectivity index (χ3v) is 3.95. The van der Waals surface area contributed by atoms with Crippen molar-refractivity contribution in [1.29, 1.82) is 0 Å². The average molecular weight is 384 g/mol. The molecule has 1 aliphatic rings. The maximum absolute atomic E-state index is 13.8. The number of ether oxygens (including phenoxy) is 1. The molecule has 0 fully saturated rings. The van der Waals surface area contributed by atoms with Crippen LogP contribution in [-0.2, 0) is 17.5 Å². The van der Waals surface area contributed by atoms with E-state index >= 15 is 0 Å². The van der Waals surface area contributed by atoms with Gasteiger partial charge in [-0.15, -0.1) is 0 Å². The van der Waals surface area contributed by atoms with Crippen LogP contribution in [0.4, 0.5) is 23.2 Å². The van der Waals surface area contributed by atoms with Crippen LogP contribution in [0.5, 0.6) is 5.75 Å². The lowest BCUT2D eigenvalue weighted by Crippen LogP contribution is -2.38. The van der Waals surface area contributed by atoms with Crippen molar-refractivity contribution in [2.45, 2.75) is 12.7 Å². The van der Waals surface area contributed by atoms with Crippen LogP contribution in [0.3, 0.4) is 0 Å². The van der Waals surface area contributed by atoms with Gasteiger partial charge in [0.2, 0.25) is 0 Å². The van der Waals surface area contributed by atoms with Crippen molar-refractivity contribution in [3.63, 3.8) is 0 Å². The smallest absolute Gasteiger partial charge is 0.419 e. The summed E-state index contributed by atoms with van der Waals surface area (Å²) in [5.74, 6) is -2.54. The van der Waals surface area contributed by atoms with Crippen LogP contribution in [-0.4, -0.2) is 23.6 Å². The largest absolute Gasteiger partial charge is 0.482 e. The number of carbonyl (C=O) groups excluding carboxylic acids is 2. The summed E-state index contributed by atoms with van der Waals surface area (Å²) in [6.07, 6.45) is -4.82. The first-order chi connectivity index (χ1) is 12.7. The van der Waals surface area contributed by atoms with E-state index in [1.807, 2.05) is 0 Å². The van der Waals surface area contributed by atoms with Crippen LogP contribution in [0.1, 0.15) is 21.5 Å². The molecule has 0 saturated heterocycles. The van der Waals surface area contributed by atoms with Crippen molar-refractivity contribution >= 4 is 17.5 Å². The lowest BCUT2D eigenvalue weighted by Gasteiger charge is -2.30. The standard InChI is InChI=1S/C17H12F4N2O4/c18-12-5-9(1-3-11(12)17(19,20)21)7-23-13-6-10(16(25)22-26)2-4-14(13)27-8-15(23)24/h1-6,26H,7-8H2,(H,22,25). The third kappa shape index (κ3) is 3.70. The van der Waals surface area contributed by atoms with Crippen molar-refractivity contribution in [2.24, 2.45) is 0 Å². The summed E-state index contributed by atoms with van der Waals surface area (Å²) in [6.45, 7) is -0.546. The van der Waals surface area contributed by atoms with Crippen LogP contribution in [0.25, 0.3) is 0 Å². The average Bonchev–Trinajstić information content (AvgIpc) is 2.62. The molecule has 142 valence electrons. The van der Waals surface area contributed by atoms with Crippen molar-refractivity contribution in [3.8, 4) is 5.75 Å². The quantitative estimate of drug-likeness (QED) is 0.485. The Morgan fingerprint density at radius 3 is 2.59 bits per heavy atom. The summed E-state index contributed by atoms with van der Waals surface area (Å²) >= 11 is 0. The van der Waals surface area contributed by atoms with Gasteiger partial charge in [0.15, 0.2) is 6.61 Å². The molecule has 2 amide bonds. The lowest BCUT2D eigenvalue weighted by molar-refractivity contribution is -0.140. The van der Waals surface area contributed by atoms with E-state index in [1.54, 1.807) is 0 Å². The van der Waals surface area contributed by atoms with Crippen LogP contribution in [0.2, 0.25) is 0 Å². The van der Waals surface area contributed by atoms with Crippen LogP contribution >= 0.6 is 0 Å². The Hall–Kier alpha value is -3.14. The maximum Gasteiger partial charge on any atom is 0.419 e. The van der Waals surface area contributed by atoms with E-state index in [4.69, 9.17) is 9.94 Å². The molecule has 2 aromatic carbocycles. The second-order valence-electron chi connectivity index (χ2n) is 5.70. The number of alkyl halides is 3. The molecule has 0 bridgehead atoms. The van der Waals surface area contributed by atoms with E-state index in [0.29, 0.717) is 12.1 Å². The molecule has 0 aromatic heterocycles. The van der Waals surface area contributed by atoms with Crippen molar-refractivity contribution in [3.05, 3.63) is 58.9 Å². The molecule has 2 aromatic rings. The minimum atomic E-state index is -4.82. The molecule has 27 heavy (non-hydrogen) atoms. The number of fused-ring (bicyclic) bond motifs is 1. The van der Waals surface area contributed by atoms with Gasteiger partial charge in [-0.2, -0.15) is 13.2 Å². The number of hydrogen-bond donors (Lipinski definition) is 2. The minimum absolute atomic E-state index is 0.0261. The monoisotopic (exact) mass is 384 g/mol. The molecule has 10 heteroatoms. The van der Waals surface area contributed by atoms with Gasteiger partial charge in [0.25, 0.3) is 11.8 Å². The number of carbonyl (C=O) groups is 2. The van der Waals surface area contributed by atoms with E-state index in [1.165, 1.54) is 23.7 Å². The number of benzene rings is 2. The van der Waals surface area contributed by atoms with Gasteiger partial charge in [-0.25, -0.2) is 9.87 Å². The minimum Gasteiger partial charge on any atom is -0.482 e. The predicted octanol–water partition coefficient (Wildman–Crippen LogP) is 2.89. The molecule has 0 saturated carbocycles. The molecule has 0 spiro atoms. The zero-order valence-corrected chi connectivity index (χ0v) is 13.5. The highest BCUT2D eigenvalue weighted by Gasteiger charge is 2.34. The number of hydroxylamine groups is 1. The van der Waals surface area contributed by atoms with E-state index in [9.17, 15) is 27.2 Å². The normalized spacial score (nSPS) is 13.8. The second-order valence-corrected chi connectivity index (χ2v) is 5.70. The van der Waals surface area contributed by atoms with Gasteiger partial charge in [0.1, 0.15) is 11.6 Å². The summed E-state index contributed by atoms with van der Waals surface area (Å²) in [5.41, 5.74) is 0.375. The van der Waals surface area contributed by atoms with Crippen molar-refractivity contribution < 1.29 is 37.1 Å². The number of rotatable bonds is 3. The van der Waals surface area contributed by atoms with Gasteiger partial charge in [-0.1, -0.05) is 6.07 Å². The Balaban J connectivity index is 1.95. The fourth-order valence-corrected chi connectivity index (χ4v) is 2.65. The Labute approximate surface area is 149 Å². The zero-order chi connectivity index (χ0) is 19.8. The Kier molecular flexibility index (Phi) is 4.75. The van der Waals surface area contributed by atoms with Gasteiger partial charge in [0.05, 0.1) is 17.8 Å². The number of nitrogens with one attached hydrogen (secondary N) is 1. The predicted molar refractivity (Wildman–Crippen MR) is 83.8 cm³/mol. The molecule has 0 atom stereocenters. The number of nitrogens with zero attached hydrogens (tertiary/aromatic N) is 1. The van der Waals surface area contributed by atoms with Crippen LogP contribution < -0.4 is 15.1 Å². The number of halogens is 4. The Bertz CT molecular complexity index is 914. The van der Waals surface area contributed by atoms with Gasteiger partial charge in [-0.05, 0) is 35.9 Å². The summed E-state index contributed by atoms with van der Waals surface area (Å²) in [6, 6.07) is 6.42. The van der Waals surface area contributed by atoms with Crippen LogP contribution in [0.15, 0.2) is 36.4 Å². The first kappa shape index (κ1) is 18.6. The van der Waals surface area contributed by atoms with E-state index in [2.05, 4.69) is 0 Å².